The third-order valence-corrected chi connectivity index (χ3v) is 4.03. The second kappa shape index (κ2) is 7.39. The summed E-state index contributed by atoms with van der Waals surface area (Å²) in [6, 6.07) is 8.67. The van der Waals surface area contributed by atoms with Crippen LogP contribution in [0.1, 0.15) is 29.8 Å². The van der Waals surface area contributed by atoms with Crippen molar-refractivity contribution in [3.63, 3.8) is 0 Å². The number of nitrogen functional groups attached to an aromatic ring is 1. The van der Waals surface area contributed by atoms with E-state index in [1.54, 1.807) is 44.4 Å². The van der Waals surface area contributed by atoms with Crippen molar-refractivity contribution < 1.29 is 23.7 Å². The molecular formula is C20H21NO5. The Hall–Kier alpha value is -3.15. The molecule has 0 aromatic heterocycles. The van der Waals surface area contributed by atoms with Gasteiger partial charge in [0.25, 0.3) is 0 Å². The summed E-state index contributed by atoms with van der Waals surface area (Å²) in [4.78, 5) is 12.7. The van der Waals surface area contributed by atoms with Gasteiger partial charge in [0.15, 0.2) is 17.3 Å². The van der Waals surface area contributed by atoms with Crippen LogP contribution in [0.3, 0.4) is 0 Å². The predicted octanol–water partition coefficient (Wildman–Crippen LogP) is 3.69. The molecule has 0 fully saturated rings. The molecule has 0 aliphatic carbocycles. The number of ether oxygens (including phenoxy) is 4. The van der Waals surface area contributed by atoms with E-state index in [0.29, 0.717) is 46.4 Å². The summed E-state index contributed by atoms with van der Waals surface area (Å²) in [5.74, 6) is 2.16. The largest absolute Gasteiger partial charge is 0.492 e. The Labute approximate surface area is 152 Å². The number of fused-ring (bicyclic) bond motifs is 1. The van der Waals surface area contributed by atoms with Crippen molar-refractivity contribution in [3.8, 4) is 23.0 Å². The van der Waals surface area contributed by atoms with Crippen LogP contribution in [0.25, 0.3) is 6.08 Å². The highest BCUT2D eigenvalue weighted by Crippen LogP contribution is 2.43. The fourth-order valence-corrected chi connectivity index (χ4v) is 2.79. The second-order valence-corrected chi connectivity index (χ2v) is 5.76. The minimum absolute atomic E-state index is 0.125. The number of anilines is 1. The van der Waals surface area contributed by atoms with Crippen molar-refractivity contribution in [3.05, 3.63) is 47.0 Å². The van der Waals surface area contributed by atoms with Gasteiger partial charge >= 0.3 is 0 Å². The Kier molecular flexibility index (Phi) is 5.02. The number of Topliss-reactive ketones (excluding diaryl/α,β-unsaturated/α-hetero) is 1. The number of ketones is 1. The lowest BCUT2D eigenvalue weighted by molar-refractivity contribution is 0.103. The molecule has 0 radical (unpaired) electrons. The first-order valence-electron chi connectivity index (χ1n) is 8.27. The predicted molar refractivity (Wildman–Crippen MR) is 99.1 cm³/mol. The Balaban J connectivity index is 1.90. The number of hydrogen-bond acceptors (Lipinski definition) is 6. The van der Waals surface area contributed by atoms with Crippen molar-refractivity contribution in [2.24, 2.45) is 0 Å². The van der Waals surface area contributed by atoms with E-state index < -0.39 is 0 Å². The summed E-state index contributed by atoms with van der Waals surface area (Å²) in [7, 11) is 1.55. The van der Waals surface area contributed by atoms with E-state index in [0.717, 1.165) is 5.56 Å². The Morgan fingerprint density at radius 1 is 1.27 bits per heavy atom. The fourth-order valence-electron chi connectivity index (χ4n) is 2.79. The number of methoxy groups -OCH3 is 1. The molecule has 1 heterocycles. The third-order valence-electron chi connectivity index (χ3n) is 4.03. The number of rotatable bonds is 6. The number of allylic oxidation sites excluding steroid dienone is 1. The van der Waals surface area contributed by atoms with E-state index in [1.807, 2.05) is 13.0 Å². The lowest BCUT2D eigenvalue weighted by atomic mass is 10.0. The molecule has 0 saturated heterocycles. The molecule has 2 aromatic rings. The summed E-state index contributed by atoms with van der Waals surface area (Å²) in [5.41, 5.74) is 8.18. The zero-order valence-corrected chi connectivity index (χ0v) is 15.0. The minimum Gasteiger partial charge on any atom is -0.492 e. The molecule has 0 bridgehead atoms. The standard InChI is InChI=1S/C20H21NO5/c1-4-24-16-7-5-13(10-15(16)21)18(22)12(2)9-14-6-8-17-20(19(14)23-3)26-11-25-17/h5-10H,4,11,21H2,1-3H3. The molecule has 0 amide bonds. The molecular weight excluding hydrogens is 334 g/mol. The maximum absolute atomic E-state index is 12.7. The molecule has 0 unspecified atom stereocenters. The molecule has 2 aromatic carbocycles. The van der Waals surface area contributed by atoms with Gasteiger partial charge in [0.05, 0.1) is 19.4 Å². The first kappa shape index (κ1) is 17.7. The molecule has 0 saturated carbocycles. The number of carbonyl (C=O) groups is 1. The molecule has 1 aliphatic heterocycles. The zero-order valence-electron chi connectivity index (χ0n) is 15.0. The molecule has 1 aliphatic rings. The maximum Gasteiger partial charge on any atom is 0.231 e. The van der Waals surface area contributed by atoms with E-state index in [2.05, 4.69) is 0 Å². The van der Waals surface area contributed by atoms with Gasteiger partial charge in [-0.05, 0) is 55.8 Å². The van der Waals surface area contributed by atoms with Gasteiger partial charge in [-0.15, -0.1) is 0 Å². The number of benzene rings is 2. The molecule has 0 spiro atoms. The SMILES string of the molecule is CCOc1ccc(C(=O)C(C)=Cc2ccc3c(c2OC)OCO3)cc1N. The maximum atomic E-state index is 12.7. The molecule has 2 N–H and O–H groups in total. The monoisotopic (exact) mass is 355 g/mol. The lowest BCUT2D eigenvalue weighted by Crippen LogP contribution is -2.04. The van der Waals surface area contributed by atoms with Gasteiger partial charge < -0.3 is 24.7 Å². The number of hydrogen-bond donors (Lipinski definition) is 1. The molecule has 6 nitrogen and oxygen atoms in total. The number of nitrogens with two attached hydrogens (primary N) is 1. The van der Waals surface area contributed by atoms with Crippen LogP contribution >= 0.6 is 0 Å². The van der Waals surface area contributed by atoms with Crippen LogP contribution in [0, 0.1) is 0 Å². The van der Waals surface area contributed by atoms with Gasteiger partial charge in [-0.2, -0.15) is 0 Å². The molecule has 3 rings (SSSR count). The average molecular weight is 355 g/mol. The van der Waals surface area contributed by atoms with E-state index in [4.69, 9.17) is 24.7 Å². The highest BCUT2D eigenvalue weighted by molar-refractivity contribution is 6.11. The summed E-state index contributed by atoms with van der Waals surface area (Å²) < 4.78 is 21.6. The molecule has 136 valence electrons. The minimum atomic E-state index is -0.125. The lowest BCUT2D eigenvalue weighted by Gasteiger charge is -2.10. The summed E-state index contributed by atoms with van der Waals surface area (Å²) >= 11 is 0. The van der Waals surface area contributed by atoms with Crippen LogP contribution in [-0.2, 0) is 0 Å². The Morgan fingerprint density at radius 2 is 2.08 bits per heavy atom. The van der Waals surface area contributed by atoms with Crippen LogP contribution in [0.15, 0.2) is 35.9 Å². The number of carbonyl (C=O) groups excluding carboxylic acids is 1. The Bertz CT molecular complexity index is 873. The van der Waals surface area contributed by atoms with E-state index in [9.17, 15) is 4.79 Å². The molecule has 6 heteroatoms. The Morgan fingerprint density at radius 3 is 2.77 bits per heavy atom. The van der Waals surface area contributed by atoms with Crippen molar-refractivity contribution >= 4 is 17.5 Å². The van der Waals surface area contributed by atoms with Gasteiger partial charge in [-0.1, -0.05) is 0 Å². The summed E-state index contributed by atoms with van der Waals surface area (Å²) in [6.07, 6.45) is 1.76. The van der Waals surface area contributed by atoms with Gasteiger partial charge in [0.2, 0.25) is 12.5 Å². The average Bonchev–Trinajstić information content (AvgIpc) is 3.11. The van der Waals surface area contributed by atoms with Crippen LogP contribution < -0.4 is 24.7 Å². The molecule has 26 heavy (non-hydrogen) atoms. The topological polar surface area (TPSA) is 80.0 Å². The van der Waals surface area contributed by atoms with E-state index in [-0.39, 0.29) is 12.6 Å². The first-order chi connectivity index (χ1) is 12.5. The van der Waals surface area contributed by atoms with Gasteiger partial charge in [-0.25, -0.2) is 0 Å². The van der Waals surface area contributed by atoms with Crippen molar-refractivity contribution in [1.82, 2.24) is 0 Å². The van der Waals surface area contributed by atoms with Crippen LogP contribution in [0.4, 0.5) is 5.69 Å². The van der Waals surface area contributed by atoms with Gasteiger partial charge in [0, 0.05) is 11.1 Å². The van der Waals surface area contributed by atoms with E-state index >= 15 is 0 Å². The van der Waals surface area contributed by atoms with Gasteiger partial charge in [0.1, 0.15) is 5.75 Å². The van der Waals surface area contributed by atoms with Crippen molar-refractivity contribution in [2.75, 3.05) is 26.2 Å². The summed E-state index contributed by atoms with van der Waals surface area (Å²) in [5, 5.41) is 0. The van der Waals surface area contributed by atoms with Gasteiger partial charge in [-0.3, -0.25) is 4.79 Å². The summed E-state index contributed by atoms with van der Waals surface area (Å²) in [6.45, 7) is 4.30. The molecule has 0 atom stereocenters. The highest BCUT2D eigenvalue weighted by atomic mass is 16.7. The van der Waals surface area contributed by atoms with E-state index in [1.165, 1.54) is 0 Å². The highest BCUT2D eigenvalue weighted by Gasteiger charge is 2.21. The quantitative estimate of drug-likeness (QED) is 0.484. The third kappa shape index (κ3) is 3.31. The zero-order chi connectivity index (χ0) is 18.7. The van der Waals surface area contributed by atoms with Crippen LogP contribution in [0.5, 0.6) is 23.0 Å². The van der Waals surface area contributed by atoms with Crippen molar-refractivity contribution in [1.29, 1.82) is 0 Å². The van der Waals surface area contributed by atoms with Crippen LogP contribution in [-0.4, -0.2) is 26.3 Å². The normalized spacial score (nSPS) is 12.8. The fraction of sp³-hybridized carbons (Fsp3) is 0.250. The second-order valence-electron chi connectivity index (χ2n) is 5.76. The van der Waals surface area contributed by atoms with Crippen LogP contribution in [0.2, 0.25) is 0 Å². The smallest absolute Gasteiger partial charge is 0.231 e. The van der Waals surface area contributed by atoms with Crippen molar-refractivity contribution in [2.45, 2.75) is 13.8 Å². The first-order valence-corrected chi connectivity index (χ1v) is 8.27.